The summed E-state index contributed by atoms with van der Waals surface area (Å²) >= 11 is 1.88. The topological polar surface area (TPSA) is 29.3 Å². The maximum absolute atomic E-state index is 6.04. The van der Waals surface area contributed by atoms with Crippen molar-refractivity contribution in [3.05, 3.63) is 21.9 Å². The third-order valence-corrected chi connectivity index (χ3v) is 3.91. The molecule has 0 aliphatic carbocycles. The first-order valence-electron chi connectivity index (χ1n) is 5.98. The number of hydrogen-bond acceptors (Lipinski definition) is 3. The molecule has 16 heavy (non-hydrogen) atoms. The molecule has 0 amide bonds. The Kier molecular flexibility index (Phi) is 5.46. The number of nitrogens with zero attached hydrogens (tertiary/aromatic N) is 1. The molecule has 0 saturated heterocycles. The molecule has 0 aliphatic rings. The standard InChI is InChI=1S/C13H24N2S/c1-10(2)13(14)7-8-15(4)9-12-6-5-11(3)16-12/h5-6,10,13H,7-9,14H2,1-4H3. The minimum absolute atomic E-state index is 0.326. The Morgan fingerprint density at radius 3 is 2.56 bits per heavy atom. The van der Waals surface area contributed by atoms with E-state index in [1.807, 2.05) is 11.3 Å². The molecule has 0 fully saturated rings. The quantitative estimate of drug-likeness (QED) is 0.828. The second kappa shape index (κ2) is 6.38. The zero-order chi connectivity index (χ0) is 12.1. The monoisotopic (exact) mass is 240 g/mol. The van der Waals surface area contributed by atoms with Gasteiger partial charge in [0, 0.05) is 22.3 Å². The van der Waals surface area contributed by atoms with E-state index in [1.54, 1.807) is 0 Å². The normalized spacial score (nSPS) is 13.7. The molecule has 1 aromatic rings. The Hall–Kier alpha value is -0.380. The van der Waals surface area contributed by atoms with Crippen molar-refractivity contribution in [2.75, 3.05) is 13.6 Å². The molecule has 92 valence electrons. The van der Waals surface area contributed by atoms with Gasteiger partial charge in [-0.1, -0.05) is 13.8 Å². The van der Waals surface area contributed by atoms with Gasteiger partial charge in [-0.25, -0.2) is 0 Å². The van der Waals surface area contributed by atoms with Gasteiger partial charge in [0.1, 0.15) is 0 Å². The van der Waals surface area contributed by atoms with Gasteiger partial charge in [0.05, 0.1) is 0 Å². The van der Waals surface area contributed by atoms with Crippen LogP contribution in [0.5, 0.6) is 0 Å². The highest BCUT2D eigenvalue weighted by Crippen LogP contribution is 2.16. The number of hydrogen-bond donors (Lipinski definition) is 1. The smallest absolute Gasteiger partial charge is 0.0324 e. The Balaban J connectivity index is 2.28. The van der Waals surface area contributed by atoms with Crippen molar-refractivity contribution in [1.82, 2.24) is 4.90 Å². The summed E-state index contributed by atoms with van der Waals surface area (Å²) < 4.78 is 0. The average molecular weight is 240 g/mol. The SMILES string of the molecule is Cc1ccc(CN(C)CCC(N)C(C)C)s1. The first kappa shape index (κ1) is 13.7. The molecule has 0 bridgehead atoms. The molecule has 2 nitrogen and oxygen atoms in total. The summed E-state index contributed by atoms with van der Waals surface area (Å²) in [5, 5.41) is 0. The van der Waals surface area contributed by atoms with Gasteiger partial charge in [0.25, 0.3) is 0 Å². The van der Waals surface area contributed by atoms with E-state index in [9.17, 15) is 0 Å². The summed E-state index contributed by atoms with van der Waals surface area (Å²) in [5.41, 5.74) is 6.04. The van der Waals surface area contributed by atoms with Crippen molar-refractivity contribution in [2.24, 2.45) is 11.7 Å². The van der Waals surface area contributed by atoms with E-state index in [4.69, 9.17) is 5.73 Å². The van der Waals surface area contributed by atoms with E-state index >= 15 is 0 Å². The van der Waals surface area contributed by atoms with Gasteiger partial charge in [0.2, 0.25) is 0 Å². The van der Waals surface area contributed by atoms with Crippen LogP contribution in [0.4, 0.5) is 0 Å². The minimum atomic E-state index is 0.326. The summed E-state index contributed by atoms with van der Waals surface area (Å²) in [6.07, 6.45) is 1.08. The fourth-order valence-electron chi connectivity index (χ4n) is 1.62. The zero-order valence-electron chi connectivity index (χ0n) is 10.9. The van der Waals surface area contributed by atoms with Gasteiger partial charge in [0.15, 0.2) is 0 Å². The van der Waals surface area contributed by atoms with Crippen molar-refractivity contribution in [2.45, 2.75) is 39.8 Å². The number of nitrogens with two attached hydrogens (primary N) is 1. The lowest BCUT2D eigenvalue weighted by Gasteiger charge is -2.20. The summed E-state index contributed by atoms with van der Waals surface area (Å²) in [7, 11) is 2.17. The molecule has 2 N–H and O–H groups in total. The molecule has 1 unspecified atom stereocenters. The average Bonchev–Trinajstić information content (AvgIpc) is 2.60. The first-order valence-corrected chi connectivity index (χ1v) is 6.80. The molecule has 0 aliphatic heterocycles. The molecule has 1 aromatic heterocycles. The zero-order valence-corrected chi connectivity index (χ0v) is 11.7. The Morgan fingerprint density at radius 2 is 2.06 bits per heavy atom. The lowest BCUT2D eigenvalue weighted by molar-refractivity contribution is 0.298. The van der Waals surface area contributed by atoms with E-state index in [2.05, 4.69) is 44.9 Å². The van der Waals surface area contributed by atoms with Crippen LogP contribution in [0.25, 0.3) is 0 Å². The van der Waals surface area contributed by atoms with Crippen LogP contribution < -0.4 is 5.73 Å². The van der Waals surface area contributed by atoms with Crippen LogP contribution in [0.3, 0.4) is 0 Å². The van der Waals surface area contributed by atoms with Gasteiger partial charge in [-0.2, -0.15) is 0 Å². The van der Waals surface area contributed by atoms with E-state index in [0.29, 0.717) is 12.0 Å². The van der Waals surface area contributed by atoms with Crippen molar-refractivity contribution < 1.29 is 0 Å². The van der Waals surface area contributed by atoms with Gasteiger partial charge in [-0.15, -0.1) is 11.3 Å². The van der Waals surface area contributed by atoms with Gasteiger partial charge < -0.3 is 10.6 Å². The fraction of sp³-hybridized carbons (Fsp3) is 0.692. The van der Waals surface area contributed by atoms with E-state index in [1.165, 1.54) is 9.75 Å². The van der Waals surface area contributed by atoms with Crippen molar-refractivity contribution in [1.29, 1.82) is 0 Å². The molecule has 0 radical (unpaired) electrons. The predicted octanol–water partition coefficient (Wildman–Crippen LogP) is 2.86. The van der Waals surface area contributed by atoms with Crippen LogP contribution in [0.2, 0.25) is 0 Å². The van der Waals surface area contributed by atoms with E-state index < -0.39 is 0 Å². The van der Waals surface area contributed by atoms with Crippen LogP contribution >= 0.6 is 11.3 Å². The molecular formula is C13H24N2S. The molecule has 0 aromatic carbocycles. The molecule has 3 heteroatoms. The van der Waals surface area contributed by atoms with Crippen molar-refractivity contribution in [3.63, 3.8) is 0 Å². The maximum atomic E-state index is 6.04. The second-order valence-electron chi connectivity index (χ2n) is 4.95. The summed E-state index contributed by atoms with van der Waals surface area (Å²) in [6.45, 7) is 8.66. The third-order valence-electron chi connectivity index (χ3n) is 2.92. The maximum Gasteiger partial charge on any atom is 0.0324 e. The first-order chi connectivity index (χ1) is 7.49. The highest BCUT2D eigenvalue weighted by Gasteiger charge is 2.09. The molecule has 1 heterocycles. The summed E-state index contributed by atoms with van der Waals surface area (Å²) in [6, 6.07) is 4.74. The number of aryl methyl sites for hydroxylation is 1. The highest BCUT2D eigenvalue weighted by molar-refractivity contribution is 7.11. The molecule has 0 saturated carbocycles. The van der Waals surface area contributed by atoms with Gasteiger partial charge >= 0.3 is 0 Å². The van der Waals surface area contributed by atoms with Gasteiger partial charge in [-0.05, 0) is 45.0 Å². The van der Waals surface area contributed by atoms with Crippen molar-refractivity contribution >= 4 is 11.3 Å². The summed E-state index contributed by atoms with van der Waals surface area (Å²) in [5.74, 6) is 0.581. The van der Waals surface area contributed by atoms with Gasteiger partial charge in [-0.3, -0.25) is 0 Å². The van der Waals surface area contributed by atoms with Crippen LogP contribution in [-0.4, -0.2) is 24.5 Å². The van der Waals surface area contributed by atoms with Crippen LogP contribution in [-0.2, 0) is 6.54 Å². The predicted molar refractivity (Wildman–Crippen MR) is 72.8 cm³/mol. The largest absolute Gasteiger partial charge is 0.327 e. The lowest BCUT2D eigenvalue weighted by atomic mass is 10.0. The third kappa shape index (κ3) is 4.64. The van der Waals surface area contributed by atoms with Crippen molar-refractivity contribution in [3.8, 4) is 0 Å². The molecular weight excluding hydrogens is 216 g/mol. The second-order valence-corrected chi connectivity index (χ2v) is 6.32. The summed E-state index contributed by atoms with van der Waals surface area (Å²) in [4.78, 5) is 5.19. The fourth-order valence-corrected chi connectivity index (χ4v) is 2.59. The van der Waals surface area contributed by atoms with E-state index in [0.717, 1.165) is 19.5 Å². The molecule has 1 atom stereocenters. The molecule has 0 spiro atoms. The Morgan fingerprint density at radius 1 is 1.38 bits per heavy atom. The van der Waals surface area contributed by atoms with E-state index in [-0.39, 0.29) is 0 Å². The molecule has 1 rings (SSSR count). The number of thiophene rings is 1. The Labute approximate surface area is 103 Å². The number of rotatable bonds is 6. The van der Waals surface area contributed by atoms with Crippen LogP contribution in [0.15, 0.2) is 12.1 Å². The van der Waals surface area contributed by atoms with Crippen LogP contribution in [0.1, 0.15) is 30.0 Å². The van der Waals surface area contributed by atoms with Crippen LogP contribution in [0, 0.1) is 12.8 Å². The Bertz CT molecular complexity index is 307. The highest BCUT2D eigenvalue weighted by atomic mass is 32.1. The lowest BCUT2D eigenvalue weighted by Crippen LogP contribution is -2.31. The minimum Gasteiger partial charge on any atom is -0.327 e.